The summed E-state index contributed by atoms with van der Waals surface area (Å²) >= 11 is 0. The number of rotatable bonds is 6. The highest BCUT2D eigenvalue weighted by atomic mass is 16.4. The van der Waals surface area contributed by atoms with Gasteiger partial charge in [0.2, 0.25) is 5.89 Å². The van der Waals surface area contributed by atoms with Crippen LogP contribution >= 0.6 is 0 Å². The molecule has 2 aromatic carbocycles. The number of carbonyl (C=O) groups is 1. The van der Waals surface area contributed by atoms with Crippen molar-refractivity contribution >= 4 is 11.6 Å². The molecule has 1 saturated carbocycles. The molecule has 1 amide bonds. The van der Waals surface area contributed by atoms with Gasteiger partial charge in [-0.15, -0.1) is 0 Å². The number of benzene rings is 2. The molecule has 1 aliphatic rings. The second kappa shape index (κ2) is 7.16. The normalized spacial score (nSPS) is 13.6. The first-order valence-electron chi connectivity index (χ1n) is 9.21. The van der Waals surface area contributed by atoms with Crippen molar-refractivity contribution in [2.24, 2.45) is 0 Å². The summed E-state index contributed by atoms with van der Waals surface area (Å²) in [4.78, 5) is 17.5. The van der Waals surface area contributed by atoms with Crippen molar-refractivity contribution in [1.82, 2.24) is 4.98 Å². The van der Waals surface area contributed by atoms with Crippen molar-refractivity contribution < 1.29 is 9.21 Å². The molecule has 1 aliphatic carbocycles. The lowest BCUT2D eigenvalue weighted by molar-refractivity contribution is 0.102. The van der Waals surface area contributed by atoms with E-state index in [2.05, 4.69) is 23.3 Å². The van der Waals surface area contributed by atoms with E-state index in [4.69, 9.17) is 4.42 Å². The molecule has 0 radical (unpaired) electrons. The molecule has 0 unspecified atom stereocenters. The first-order valence-corrected chi connectivity index (χ1v) is 9.21. The molecule has 3 aromatic rings. The highest BCUT2D eigenvalue weighted by molar-refractivity contribution is 6.04. The summed E-state index contributed by atoms with van der Waals surface area (Å²) in [5.74, 6) is 1.35. The fourth-order valence-corrected chi connectivity index (χ4v) is 3.13. The van der Waals surface area contributed by atoms with E-state index < -0.39 is 0 Å². The zero-order valence-electron chi connectivity index (χ0n) is 14.9. The van der Waals surface area contributed by atoms with Crippen LogP contribution in [0.25, 0.3) is 11.5 Å². The van der Waals surface area contributed by atoms with Gasteiger partial charge in [0.25, 0.3) is 5.91 Å². The highest BCUT2D eigenvalue weighted by Gasteiger charge is 2.34. The van der Waals surface area contributed by atoms with Gasteiger partial charge in [-0.2, -0.15) is 0 Å². The second-order valence-corrected chi connectivity index (χ2v) is 6.73. The molecular weight excluding hydrogens is 324 g/mol. The molecule has 26 heavy (non-hydrogen) atoms. The fourth-order valence-electron chi connectivity index (χ4n) is 3.13. The molecule has 1 fully saturated rings. The van der Waals surface area contributed by atoms with Gasteiger partial charge in [-0.05, 0) is 43.0 Å². The first-order chi connectivity index (χ1) is 12.8. The number of amides is 1. The minimum atomic E-state index is -0.193. The van der Waals surface area contributed by atoms with E-state index >= 15 is 0 Å². The van der Waals surface area contributed by atoms with Gasteiger partial charge in [0, 0.05) is 17.2 Å². The van der Waals surface area contributed by atoms with Crippen molar-refractivity contribution in [1.29, 1.82) is 0 Å². The van der Waals surface area contributed by atoms with Crippen LogP contribution in [0.1, 0.15) is 53.9 Å². The molecule has 1 aromatic heterocycles. The average molecular weight is 346 g/mol. The Morgan fingerprint density at radius 3 is 2.58 bits per heavy atom. The van der Waals surface area contributed by atoms with Crippen molar-refractivity contribution in [3.63, 3.8) is 0 Å². The van der Waals surface area contributed by atoms with Crippen LogP contribution in [0.5, 0.6) is 0 Å². The molecule has 4 heteroatoms. The molecule has 0 bridgehead atoms. The Labute approximate surface area is 153 Å². The smallest absolute Gasteiger partial charge is 0.277 e. The molecule has 0 spiro atoms. The number of hydrogen-bond donors (Lipinski definition) is 1. The monoisotopic (exact) mass is 346 g/mol. The third kappa shape index (κ3) is 3.40. The third-order valence-electron chi connectivity index (χ3n) is 4.62. The van der Waals surface area contributed by atoms with E-state index in [9.17, 15) is 4.79 Å². The number of para-hydroxylation sites is 1. The largest absolute Gasteiger partial charge is 0.440 e. The highest BCUT2D eigenvalue weighted by Crippen LogP contribution is 2.43. The average Bonchev–Trinajstić information content (AvgIpc) is 3.42. The van der Waals surface area contributed by atoms with Crippen LogP contribution in [0.3, 0.4) is 0 Å². The number of nitrogens with one attached hydrogen (secondary N) is 1. The first kappa shape index (κ1) is 16.6. The minimum absolute atomic E-state index is 0.193. The van der Waals surface area contributed by atoms with Gasteiger partial charge in [-0.25, -0.2) is 4.98 Å². The summed E-state index contributed by atoms with van der Waals surface area (Å²) in [5.41, 5.74) is 3.30. The lowest BCUT2D eigenvalue weighted by Crippen LogP contribution is -2.15. The molecule has 4 nitrogen and oxygen atoms in total. The number of carbonyl (C=O) groups excluding carboxylic acids is 1. The number of oxazole rings is 1. The standard InChI is InChI=1S/C22H22N2O2/c1-2-8-15-9-6-7-12-18(15)23-21(25)19-20(16-13-14-16)26-22(24-19)17-10-4-3-5-11-17/h3-7,9-12,16H,2,8,13-14H2,1H3,(H,23,25). The van der Waals surface area contributed by atoms with E-state index in [1.165, 1.54) is 0 Å². The van der Waals surface area contributed by atoms with Gasteiger partial charge in [-0.1, -0.05) is 49.7 Å². The summed E-state index contributed by atoms with van der Waals surface area (Å²) in [6, 6.07) is 17.7. The van der Waals surface area contributed by atoms with Crippen LogP contribution in [0, 0.1) is 0 Å². The summed E-state index contributed by atoms with van der Waals surface area (Å²) in [7, 11) is 0. The maximum Gasteiger partial charge on any atom is 0.277 e. The van der Waals surface area contributed by atoms with Gasteiger partial charge >= 0.3 is 0 Å². The quantitative estimate of drug-likeness (QED) is 0.648. The Hall–Kier alpha value is -2.88. The second-order valence-electron chi connectivity index (χ2n) is 6.73. The molecule has 1 heterocycles. The topological polar surface area (TPSA) is 55.1 Å². The maximum atomic E-state index is 12.9. The van der Waals surface area contributed by atoms with Crippen molar-refractivity contribution in [3.05, 3.63) is 71.6 Å². The van der Waals surface area contributed by atoms with Crippen LogP contribution in [0.4, 0.5) is 5.69 Å². The van der Waals surface area contributed by atoms with Crippen molar-refractivity contribution in [2.75, 3.05) is 5.32 Å². The van der Waals surface area contributed by atoms with Crippen LogP contribution in [-0.2, 0) is 6.42 Å². The van der Waals surface area contributed by atoms with Gasteiger partial charge in [0.1, 0.15) is 5.76 Å². The predicted molar refractivity (Wildman–Crippen MR) is 102 cm³/mol. The molecule has 132 valence electrons. The van der Waals surface area contributed by atoms with Crippen molar-refractivity contribution in [3.8, 4) is 11.5 Å². The zero-order chi connectivity index (χ0) is 17.9. The Morgan fingerprint density at radius 1 is 1.12 bits per heavy atom. The Balaban J connectivity index is 1.65. The summed E-state index contributed by atoms with van der Waals surface area (Å²) in [5, 5.41) is 3.04. The minimum Gasteiger partial charge on any atom is -0.440 e. The number of hydrogen-bond acceptors (Lipinski definition) is 3. The van der Waals surface area contributed by atoms with E-state index in [0.717, 1.165) is 42.5 Å². The van der Waals surface area contributed by atoms with E-state index in [0.29, 0.717) is 23.3 Å². The number of nitrogens with zero attached hydrogens (tertiary/aromatic N) is 1. The molecule has 0 saturated heterocycles. The van der Waals surface area contributed by atoms with Gasteiger partial charge < -0.3 is 9.73 Å². The van der Waals surface area contributed by atoms with E-state index in [1.807, 2.05) is 48.5 Å². The molecule has 0 aliphatic heterocycles. The molecule has 4 rings (SSSR count). The Kier molecular flexibility index (Phi) is 4.57. The Bertz CT molecular complexity index is 911. The van der Waals surface area contributed by atoms with Gasteiger partial charge in [0.15, 0.2) is 5.69 Å². The number of aromatic nitrogens is 1. The Morgan fingerprint density at radius 2 is 1.85 bits per heavy atom. The van der Waals surface area contributed by atoms with Crippen LogP contribution in [0.15, 0.2) is 59.0 Å². The SMILES string of the molecule is CCCc1ccccc1NC(=O)c1nc(-c2ccccc2)oc1C1CC1. The molecular formula is C22H22N2O2. The summed E-state index contributed by atoms with van der Waals surface area (Å²) in [6.45, 7) is 2.13. The number of anilines is 1. The van der Waals surface area contributed by atoms with Crippen LogP contribution in [-0.4, -0.2) is 10.9 Å². The number of aryl methyl sites for hydroxylation is 1. The fraction of sp³-hybridized carbons (Fsp3) is 0.273. The molecule has 0 atom stereocenters. The van der Waals surface area contributed by atoms with E-state index in [1.54, 1.807) is 0 Å². The molecule has 1 N–H and O–H groups in total. The zero-order valence-corrected chi connectivity index (χ0v) is 14.9. The third-order valence-corrected chi connectivity index (χ3v) is 4.62. The summed E-state index contributed by atoms with van der Waals surface area (Å²) in [6.07, 6.45) is 4.06. The van der Waals surface area contributed by atoms with Gasteiger partial charge in [-0.3, -0.25) is 4.79 Å². The maximum absolute atomic E-state index is 12.9. The predicted octanol–water partition coefficient (Wildman–Crippen LogP) is 5.42. The van der Waals surface area contributed by atoms with Crippen LogP contribution in [0.2, 0.25) is 0 Å². The lowest BCUT2D eigenvalue weighted by Gasteiger charge is -2.09. The summed E-state index contributed by atoms with van der Waals surface area (Å²) < 4.78 is 5.99. The van der Waals surface area contributed by atoms with Crippen molar-refractivity contribution in [2.45, 2.75) is 38.5 Å². The van der Waals surface area contributed by atoms with E-state index in [-0.39, 0.29) is 5.91 Å². The lowest BCUT2D eigenvalue weighted by atomic mass is 10.1. The van der Waals surface area contributed by atoms with Gasteiger partial charge in [0.05, 0.1) is 0 Å². The van der Waals surface area contributed by atoms with Crippen LogP contribution < -0.4 is 5.32 Å².